The number of allylic oxidation sites excluding steroid dienone is 2. The number of hydrogen-bond acceptors (Lipinski definition) is 2. The number of nitrogens with two attached hydrogens (primary N) is 2. The van der Waals surface area contributed by atoms with Crippen LogP contribution < -0.4 is 11.5 Å². The molecule has 2 heteroatoms. The molecule has 86 valence electrons. The topological polar surface area (TPSA) is 52.0 Å². The first-order valence-electron chi connectivity index (χ1n) is 6.04. The van der Waals surface area contributed by atoms with E-state index in [1.807, 2.05) is 12.2 Å². The van der Waals surface area contributed by atoms with Gasteiger partial charge in [-0.3, -0.25) is 0 Å². The number of unbranched alkanes of at least 4 members (excludes halogenated alkanes) is 3. The third kappa shape index (κ3) is 2.85. The quantitative estimate of drug-likeness (QED) is 0.682. The minimum atomic E-state index is -0.303. The van der Waals surface area contributed by atoms with Gasteiger partial charge in [-0.1, -0.05) is 51.7 Å². The zero-order chi connectivity index (χ0) is 11.3. The highest BCUT2D eigenvalue weighted by Gasteiger charge is 2.33. The molecule has 0 aromatic carbocycles. The molecule has 2 nitrogen and oxygen atoms in total. The van der Waals surface area contributed by atoms with Gasteiger partial charge in [0.05, 0.1) is 5.54 Å². The van der Waals surface area contributed by atoms with Gasteiger partial charge in [-0.05, 0) is 18.4 Å². The Balaban J connectivity index is 2.49. The van der Waals surface area contributed by atoms with E-state index in [1.165, 1.54) is 25.7 Å². The molecule has 0 bridgehead atoms. The molecule has 0 amide bonds. The maximum absolute atomic E-state index is 6.38. The molecule has 1 aliphatic carbocycles. The van der Waals surface area contributed by atoms with Crippen LogP contribution in [0.5, 0.6) is 0 Å². The normalized spacial score (nSPS) is 30.3. The molecule has 0 aliphatic heterocycles. The van der Waals surface area contributed by atoms with E-state index in [0.29, 0.717) is 5.92 Å². The first-order valence-corrected chi connectivity index (χ1v) is 6.04. The predicted molar refractivity (Wildman–Crippen MR) is 66.3 cm³/mol. The van der Waals surface area contributed by atoms with Crippen molar-refractivity contribution >= 4 is 0 Å². The van der Waals surface area contributed by atoms with Gasteiger partial charge >= 0.3 is 0 Å². The van der Waals surface area contributed by atoms with Crippen LogP contribution in [0, 0.1) is 5.92 Å². The fourth-order valence-corrected chi connectivity index (χ4v) is 2.13. The third-order valence-corrected chi connectivity index (χ3v) is 3.47. The molecule has 0 saturated carbocycles. The monoisotopic (exact) mass is 208 g/mol. The van der Waals surface area contributed by atoms with Crippen LogP contribution in [0.1, 0.15) is 46.0 Å². The highest BCUT2D eigenvalue weighted by Crippen LogP contribution is 2.30. The zero-order valence-corrected chi connectivity index (χ0v) is 10.00. The van der Waals surface area contributed by atoms with Crippen molar-refractivity contribution in [3.05, 3.63) is 23.9 Å². The van der Waals surface area contributed by atoms with E-state index < -0.39 is 0 Å². The van der Waals surface area contributed by atoms with Crippen LogP contribution in [0.3, 0.4) is 0 Å². The third-order valence-electron chi connectivity index (χ3n) is 3.47. The molecule has 0 spiro atoms. The van der Waals surface area contributed by atoms with Crippen molar-refractivity contribution in [2.75, 3.05) is 0 Å². The van der Waals surface area contributed by atoms with Gasteiger partial charge in [-0.15, -0.1) is 0 Å². The summed E-state index contributed by atoms with van der Waals surface area (Å²) >= 11 is 0. The molecule has 0 heterocycles. The van der Waals surface area contributed by atoms with E-state index >= 15 is 0 Å². The Hall–Kier alpha value is -0.760. The molecular formula is C13H24N2. The van der Waals surface area contributed by atoms with Crippen LogP contribution >= 0.6 is 0 Å². The summed E-state index contributed by atoms with van der Waals surface area (Å²) in [5.74, 6) is 0.351. The zero-order valence-electron chi connectivity index (χ0n) is 10.00. The van der Waals surface area contributed by atoms with Gasteiger partial charge in [0.2, 0.25) is 0 Å². The Bertz CT molecular complexity index is 255. The fraction of sp³-hybridized carbons (Fsp3) is 0.692. The highest BCUT2D eigenvalue weighted by molar-refractivity contribution is 5.29. The van der Waals surface area contributed by atoms with Gasteiger partial charge in [0.15, 0.2) is 0 Å². The van der Waals surface area contributed by atoms with Crippen LogP contribution in [-0.4, -0.2) is 5.54 Å². The Labute approximate surface area is 93.4 Å². The largest absolute Gasteiger partial charge is 0.401 e. The Morgan fingerprint density at radius 1 is 1.33 bits per heavy atom. The average Bonchev–Trinajstić information content (AvgIpc) is 2.22. The first kappa shape index (κ1) is 12.3. The van der Waals surface area contributed by atoms with Crippen molar-refractivity contribution in [3.63, 3.8) is 0 Å². The van der Waals surface area contributed by atoms with Gasteiger partial charge in [-0.2, -0.15) is 0 Å². The molecule has 15 heavy (non-hydrogen) atoms. The summed E-state index contributed by atoms with van der Waals surface area (Å²) in [7, 11) is 0. The van der Waals surface area contributed by atoms with Gasteiger partial charge in [0.1, 0.15) is 0 Å². The van der Waals surface area contributed by atoms with Crippen LogP contribution in [0.2, 0.25) is 0 Å². The second-order valence-corrected chi connectivity index (χ2v) is 4.65. The Kier molecular flexibility index (Phi) is 4.40. The molecule has 1 aliphatic rings. The second-order valence-electron chi connectivity index (χ2n) is 4.65. The van der Waals surface area contributed by atoms with E-state index in [2.05, 4.69) is 19.9 Å². The van der Waals surface area contributed by atoms with Gasteiger partial charge in [0, 0.05) is 5.70 Å². The van der Waals surface area contributed by atoms with E-state index in [0.717, 1.165) is 12.1 Å². The van der Waals surface area contributed by atoms with Gasteiger partial charge in [-0.25, -0.2) is 0 Å². The molecule has 2 atom stereocenters. The van der Waals surface area contributed by atoms with Gasteiger partial charge < -0.3 is 11.5 Å². The summed E-state index contributed by atoms with van der Waals surface area (Å²) < 4.78 is 0. The predicted octanol–water partition coefficient (Wildman–Crippen LogP) is 2.70. The minimum absolute atomic E-state index is 0.303. The summed E-state index contributed by atoms with van der Waals surface area (Å²) in [6.45, 7) is 4.37. The summed E-state index contributed by atoms with van der Waals surface area (Å²) in [6, 6.07) is 0. The summed E-state index contributed by atoms with van der Waals surface area (Å²) in [4.78, 5) is 0. The molecule has 0 aromatic rings. The lowest BCUT2D eigenvalue weighted by molar-refractivity contribution is 0.347. The molecule has 0 fully saturated rings. The van der Waals surface area contributed by atoms with Crippen LogP contribution in [0.4, 0.5) is 0 Å². The molecule has 2 unspecified atom stereocenters. The summed E-state index contributed by atoms with van der Waals surface area (Å²) in [5.41, 5.74) is 12.9. The van der Waals surface area contributed by atoms with Crippen molar-refractivity contribution in [3.8, 4) is 0 Å². The van der Waals surface area contributed by atoms with E-state index in [-0.39, 0.29) is 5.54 Å². The molecule has 1 rings (SSSR count). The Morgan fingerprint density at radius 3 is 2.67 bits per heavy atom. The van der Waals surface area contributed by atoms with Crippen molar-refractivity contribution in [1.82, 2.24) is 0 Å². The van der Waals surface area contributed by atoms with Crippen LogP contribution in [0.25, 0.3) is 0 Å². The van der Waals surface area contributed by atoms with Crippen molar-refractivity contribution < 1.29 is 0 Å². The standard InChI is InChI=1S/C13H24N2/c1-3-4-5-6-10-13(15)11(2)8-7-9-12(13)14/h7-9,11H,3-6,10,14-15H2,1-2H3. The lowest BCUT2D eigenvalue weighted by Gasteiger charge is -2.36. The SMILES string of the molecule is CCCCCCC1(N)C(N)=CC=CC1C. The van der Waals surface area contributed by atoms with Crippen LogP contribution in [-0.2, 0) is 0 Å². The Morgan fingerprint density at radius 2 is 2.07 bits per heavy atom. The maximum Gasteiger partial charge on any atom is 0.0616 e. The van der Waals surface area contributed by atoms with E-state index in [9.17, 15) is 0 Å². The fourth-order valence-electron chi connectivity index (χ4n) is 2.13. The van der Waals surface area contributed by atoms with Crippen molar-refractivity contribution in [2.45, 2.75) is 51.5 Å². The summed E-state index contributed by atoms with van der Waals surface area (Å²) in [6.07, 6.45) is 12.1. The number of rotatable bonds is 5. The first-order chi connectivity index (χ1) is 7.11. The molecule has 0 aromatic heterocycles. The van der Waals surface area contributed by atoms with E-state index in [1.54, 1.807) is 0 Å². The summed E-state index contributed by atoms with van der Waals surface area (Å²) in [5, 5.41) is 0. The lowest BCUT2D eigenvalue weighted by atomic mass is 9.76. The minimum Gasteiger partial charge on any atom is -0.401 e. The van der Waals surface area contributed by atoms with Crippen molar-refractivity contribution in [1.29, 1.82) is 0 Å². The van der Waals surface area contributed by atoms with Gasteiger partial charge in [0.25, 0.3) is 0 Å². The molecule has 0 radical (unpaired) electrons. The molecule has 0 saturated heterocycles. The average molecular weight is 208 g/mol. The number of hydrogen-bond donors (Lipinski definition) is 2. The second kappa shape index (κ2) is 5.36. The smallest absolute Gasteiger partial charge is 0.0616 e. The van der Waals surface area contributed by atoms with E-state index in [4.69, 9.17) is 11.5 Å². The maximum atomic E-state index is 6.38. The van der Waals surface area contributed by atoms with Crippen LogP contribution in [0.15, 0.2) is 23.9 Å². The molecule has 4 N–H and O–H groups in total. The lowest BCUT2D eigenvalue weighted by Crippen LogP contribution is -2.50. The van der Waals surface area contributed by atoms with Crippen molar-refractivity contribution in [2.24, 2.45) is 17.4 Å². The highest BCUT2D eigenvalue weighted by atomic mass is 14.8. The molecular weight excluding hydrogens is 184 g/mol.